The van der Waals surface area contributed by atoms with Gasteiger partial charge >= 0.3 is 0 Å². The molecule has 242 valence electrons. The lowest BCUT2D eigenvalue weighted by Gasteiger charge is -2.40. The van der Waals surface area contributed by atoms with Crippen LogP contribution in [0.15, 0.2) is 78.0 Å². The second kappa shape index (κ2) is 16.5. The molecule has 0 N–H and O–H groups in total. The summed E-state index contributed by atoms with van der Waals surface area (Å²) in [6.45, 7) is 5.85. The highest BCUT2D eigenvalue weighted by molar-refractivity contribution is 7.99. The fraction of sp³-hybridized carbons (Fsp3) is 0.389. The molecule has 46 heavy (non-hydrogen) atoms. The summed E-state index contributed by atoms with van der Waals surface area (Å²) >= 11 is 14.1. The first-order valence-electron chi connectivity index (χ1n) is 16.1. The summed E-state index contributed by atoms with van der Waals surface area (Å²) in [5, 5.41) is 10.7. The van der Waals surface area contributed by atoms with E-state index in [2.05, 4.69) is 41.4 Å². The molecule has 1 unspecified atom stereocenters. The number of aryl methyl sites for hydroxylation is 1. The van der Waals surface area contributed by atoms with Gasteiger partial charge in [-0.15, -0.1) is 10.2 Å². The number of carbonyl (C=O) groups is 2. The summed E-state index contributed by atoms with van der Waals surface area (Å²) in [6, 6.07) is 23.6. The number of piperazine rings is 1. The number of benzene rings is 3. The summed E-state index contributed by atoms with van der Waals surface area (Å²) in [4.78, 5) is 30.2. The molecule has 1 aliphatic rings. The molecular weight excluding hydrogens is 637 g/mol. The van der Waals surface area contributed by atoms with Crippen LogP contribution in [0.4, 0.5) is 0 Å². The number of rotatable bonds is 13. The molecule has 1 aliphatic heterocycles. The summed E-state index contributed by atoms with van der Waals surface area (Å²) in [5.74, 6) is 1.66. The van der Waals surface area contributed by atoms with Gasteiger partial charge in [0.1, 0.15) is 5.82 Å². The number of hydrogen-bond donors (Lipinski definition) is 0. The van der Waals surface area contributed by atoms with Crippen LogP contribution < -0.4 is 0 Å². The van der Waals surface area contributed by atoms with Crippen molar-refractivity contribution in [1.82, 2.24) is 24.6 Å². The highest BCUT2D eigenvalue weighted by atomic mass is 35.5. The molecule has 1 saturated heterocycles. The predicted molar refractivity (Wildman–Crippen MR) is 187 cm³/mol. The maximum atomic E-state index is 13.3. The van der Waals surface area contributed by atoms with Gasteiger partial charge in [0.2, 0.25) is 5.91 Å². The van der Waals surface area contributed by atoms with Gasteiger partial charge in [-0.25, -0.2) is 0 Å². The van der Waals surface area contributed by atoms with Crippen LogP contribution in [-0.2, 0) is 17.6 Å². The molecule has 1 fully saturated rings. The van der Waals surface area contributed by atoms with Gasteiger partial charge in [-0.2, -0.15) is 0 Å². The van der Waals surface area contributed by atoms with E-state index in [1.807, 2.05) is 63.8 Å². The van der Waals surface area contributed by atoms with Gasteiger partial charge < -0.3 is 9.80 Å². The van der Waals surface area contributed by atoms with Crippen LogP contribution in [0.1, 0.15) is 73.3 Å². The lowest BCUT2D eigenvalue weighted by Crippen LogP contribution is -2.55. The Morgan fingerprint density at radius 3 is 2.39 bits per heavy atom. The van der Waals surface area contributed by atoms with Crippen molar-refractivity contribution < 1.29 is 9.59 Å². The zero-order chi connectivity index (χ0) is 32.5. The van der Waals surface area contributed by atoms with Crippen molar-refractivity contribution in [3.05, 3.63) is 105 Å². The lowest BCUT2D eigenvalue weighted by molar-refractivity contribution is -0.133. The number of thioether (sulfide) groups is 1. The number of carbonyl (C=O) groups excluding carboxylic acids is 2. The fourth-order valence-electron chi connectivity index (χ4n) is 5.76. The van der Waals surface area contributed by atoms with Crippen molar-refractivity contribution in [2.24, 2.45) is 0 Å². The molecule has 0 aliphatic carbocycles. The van der Waals surface area contributed by atoms with E-state index in [-0.39, 0.29) is 17.9 Å². The summed E-state index contributed by atoms with van der Waals surface area (Å²) in [7, 11) is 0. The Labute approximate surface area is 286 Å². The van der Waals surface area contributed by atoms with E-state index in [4.69, 9.17) is 23.2 Å². The molecule has 2 heterocycles. The topological polar surface area (TPSA) is 71.3 Å². The molecule has 5 rings (SSSR count). The highest BCUT2D eigenvalue weighted by Crippen LogP contribution is 2.29. The Morgan fingerprint density at radius 1 is 0.891 bits per heavy atom. The quantitative estimate of drug-likeness (QED) is 0.106. The molecule has 0 radical (unpaired) electrons. The van der Waals surface area contributed by atoms with Gasteiger partial charge in [0.15, 0.2) is 5.16 Å². The molecule has 0 spiro atoms. The molecule has 4 aromatic rings. The van der Waals surface area contributed by atoms with Gasteiger partial charge in [-0.05, 0) is 67.6 Å². The molecule has 1 aromatic heterocycles. The maximum Gasteiger partial charge on any atom is 0.254 e. The number of hydrogen-bond acceptors (Lipinski definition) is 5. The normalized spacial score (nSPS) is 14.9. The monoisotopic (exact) mass is 677 g/mol. The zero-order valence-corrected chi connectivity index (χ0v) is 28.8. The van der Waals surface area contributed by atoms with Crippen LogP contribution in [0, 0.1) is 0 Å². The van der Waals surface area contributed by atoms with Gasteiger partial charge in [0.25, 0.3) is 5.91 Å². The third kappa shape index (κ3) is 8.72. The third-order valence-electron chi connectivity index (χ3n) is 8.34. The van der Waals surface area contributed by atoms with E-state index in [1.165, 1.54) is 24.8 Å². The number of halogens is 2. The van der Waals surface area contributed by atoms with Gasteiger partial charge in [-0.1, -0.05) is 97.2 Å². The van der Waals surface area contributed by atoms with Crippen LogP contribution >= 0.6 is 35.0 Å². The van der Waals surface area contributed by atoms with Crippen molar-refractivity contribution in [3.63, 3.8) is 0 Å². The van der Waals surface area contributed by atoms with E-state index < -0.39 is 0 Å². The Kier molecular flexibility index (Phi) is 12.2. The Hall–Kier alpha value is -3.33. The molecule has 0 saturated carbocycles. The van der Waals surface area contributed by atoms with Crippen LogP contribution in [0.3, 0.4) is 0 Å². The fourth-order valence-corrected chi connectivity index (χ4v) is 6.96. The highest BCUT2D eigenvalue weighted by Gasteiger charge is 2.30. The van der Waals surface area contributed by atoms with E-state index in [1.54, 1.807) is 17.8 Å². The van der Waals surface area contributed by atoms with Crippen molar-refractivity contribution in [1.29, 1.82) is 0 Å². The first-order valence-corrected chi connectivity index (χ1v) is 17.8. The number of amides is 2. The minimum atomic E-state index is -0.0448. The molecule has 7 nitrogen and oxygen atoms in total. The molecule has 0 bridgehead atoms. The Morgan fingerprint density at radius 2 is 1.67 bits per heavy atom. The molecule has 2 amide bonds. The van der Waals surface area contributed by atoms with E-state index in [0.29, 0.717) is 60.3 Å². The molecule has 3 aromatic carbocycles. The van der Waals surface area contributed by atoms with Crippen molar-refractivity contribution in [2.45, 2.75) is 70.0 Å². The van der Waals surface area contributed by atoms with Crippen LogP contribution in [-0.4, -0.2) is 67.8 Å². The first-order chi connectivity index (χ1) is 22.3. The minimum Gasteiger partial charge on any atom is -0.339 e. The van der Waals surface area contributed by atoms with Crippen LogP contribution in [0.5, 0.6) is 0 Å². The van der Waals surface area contributed by atoms with E-state index >= 15 is 0 Å². The van der Waals surface area contributed by atoms with Gasteiger partial charge in [0.05, 0.1) is 15.7 Å². The lowest BCUT2D eigenvalue weighted by atomic mass is 10.0. The van der Waals surface area contributed by atoms with E-state index in [9.17, 15) is 9.59 Å². The van der Waals surface area contributed by atoms with Crippen LogP contribution in [0.2, 0.25) is 10.0 Å². The number of nitrogens with zero attached hydrogens (tertiary/aromatic N) is 5. The third-order valence-corrected chi connectivity index (χ3v) is 10.1. The number of aromatic nitrogens is 3. The standard InChI is InChI=1S/C36H41Cl2N5O2S/c1-3-4-6-10-27-14-16-29(17-15-27)35(45)42-21-20-41(25-26(42)2)34(44)13-9-22-46-36-40-39-33(23-28-11-7-5-8-12-28)43(36)30-18-19-31(37)32(38)24-30/h5,7-8,11-12,14-19,24,26H,3-4,6,9-10,13,20-23,25H2,1-2H3. The molecule has 10 heteroatoms. The maximum absolute atomic E-state index is 13.3. The Bertz CT molecular complexity index is 1610. The summed E-state index contributed by atoms with van der Waals surface area (Å²) in [5.41, 5.74) is 3.95. The summed E-state index contributed by atoms with van der Waals surface area (Å²) in [6.07, 6.45) is 6.39. The second-order valence-corrected chi connectivity index (χ2v) is 13.7. The van der Waals surface area contributed by atoms with E-state index in [0.717, 1.165) is 28.7 Å². The average molecular weight is 679 g/mol. The summed E-state index contributed by atoms with van der Waals surface area (Å²) < 4.78 is 2.01. The second-order valence-electron chi connectivity index (χ2n) is 11.8. The average Bonchev–Trinajstić information content (AvgIpc) is 3.46. The molecular formula is C36H41Cl2N5O2S. The SMILES string of the molecule is CCCCCc1ccc(C(=O)N2CCN(C(=O)CCCSc3nnc(Cc4ccccc4)n3-c3ccc(Cl)c(Cl)c3)CC2C)cc1. The first kappa shape index (κ1) is 34.0. The van der Waals surface area contributed by atoms with Crippen molar-refractivity contribution in [3.8, 4) is 5.69 Å². The van der Waals surface area contributed by atoms with Crippen molar-refractivity contribution in [2.75, 3.05) is 25.4 Å². The minimum absolute atomic E-state index is 0.0360. The Balaban J connectivity index is 1.14. The number of unbranched alkanes of at least 4 members (excludes halogenated alkanes) is 2. The largest absolute Gasteiger partial charge is 0.339 e. The van der Waals surface area contributed by atoms with Gasteiger partial charge in [-0.3, -0.25) is 14.2 Å². The van der Waals surface area contributed by atoms with Gasteiger partial charge in [0, 0.05) is 49.8 Å². The molecule has 1 atom stereocenters. The smallest absolute Gasteiger partial charge is 0.254 e. The van der Waals surface area contributed by atoms with Crippen molar-refractivity contribution >= 4 is 46.8 Å². The van der Waals surface area contributed by atoms with Crippen LogP contribution in [0.25, 0.3) is 5.69 Å². The zero-order valence-electron chi connectivity index (χ0n) is 26.5. The predicted octanol–water partition coefficient (Wildman–Crippen LogP) is 8.14.